The normalized spacial score (nSPS) is 10.8. The Kier molecular flexibility index (Phi) is 2.49. The molecule has 1 N–H and O–H groups in total. The Bertz CT molecular complexity index is 526. The van der Waals surface area contributed by atoms with Crippen LogP contribution >= 0.6 is 11.3 Å². The fourth-order valence-corrected chi connectivity index (χ4v) is 3.00. The van der Waals surface area contributed by atoms with E-state index in [1.807, 2.05) is 13.0 Å². The Hall–Kier alpha value is -1.35. The first kappa shape index (κ1) is 10.2. The third kappa shape index (κ3) is 1.75. The van der Waals surface area contributed by atoms with Crippen LogP contribution in [0.15, 0.2) is 18.2 Å². The van der Waals surface area contributed by atoms with Crippen LogP contribution < -0.4 is 0 Å². The molecule has 0 bridgehead atoms. The van der Waals surface area contributed by atoms with Gasteiger partial charge in [0, 0.05) is 9.58 Å². The summed E-state index contributed by atoms with van der Waals surface area (Å²) in [7, 11) is 0. The van der Waals surface area contributed by atoms with Crippen molar-refractivity contribution in [2.45, 2.75) is 20.3 Å². The van der Waals surface area contributed by atoms with E-state index in [4.69, 9.17) is 5.11 Å². The molecule has 0 atom stereocenters. The third-order valence-electron chi connectivity index (χ3n) is 2.57. The smallest absolute Gasteiger partial charge is 0.308 e. The fourth-order valence-electron chi connectivity index (χ4n) is 1.74. The number of hydrogen-bond acceptors (Lipinski definition) is 2. The van der Waals surface area contributed by atoms with Gasteiger partial charge in [-0.15, -0.1) is 11.3 Å². The minimum Gasteiger partial charge on any atom is -0.481 e. The fraction of sp³-hybridized carbons (Fsp3) is 0.250. The highest BCUT2D eigenvalue weighted by molar-refractivity contribution is 7.19. The molecule has 78 valence electrons. The van der Waals surface area contributed by atoms with Crippen LogP contribution in [-0.2, 0) is 11.2 Å². The van der Waals surface area contributed by atoms with Crippen LogP contribution in [0.1, 0.15) is 16.0 Å². The summed E-state index contributed by atoms with van der Waals surface area (Å²) in [6.07, 6.45) is 0.130. The van der Waals surface area contributed by atoms with Crippen LogP contribution in [0.25, 0.3) is 10.1 Å². The largest absolute Gasteiger partial charge is 0.481 e. The van der Waals surface area contributed by atoms with Gasteiger partial charge >= 0.3 is 5.97 Å². The zero-order valence-corrected chi connectivity index (χ0v) is 9.52. The number of aliphatic carboxylic acids is 1. The Labute approximate surface area is 92.2 Å². The highest BCUT2D eigenvalue weighted by Crippen LogP contribution is 2.33. The molecule has 0 aliphatic rings. The number of thiophene rings is 1. The van der Waals surface area contributed by atoms with Crippen LogP contribution in [0.5, 0.6) is 0 Å². The molecule has 0 amide bonds. The maximum absolute atomic E-state index is 10.7. The van der Waals surface area contributed by atoms with Crippen molar-refractivity contribution >= 4 is 27.4 Å². The summed E-state index contributed by atoms with van der Waals surface area (Å²) in [5.74, 6) is -0.762. The van der Waals surface area contributed by atoms with E-state index >= 15 is 0 Å². The monoisotopic (exact) mass is 220 g/mol. The maximum atomic E-state index is 10.7. The zero-order valence-electron chi connectivity index (χ0n) is 8.70. The average Bonchev–Trinajstić information content (AvgIpc) is 2.46. The van der Waals surface area contributed by atoms with Crippen molar-refractivity contribution in [1.29, 1.82) is 0 Å². The molecule has 0 aliphatic carbocycles. The van der Waals surface area contributed by atoms with E-state index in [9.17, 15) is 4.79 Å². The summed E-state index contributed by atoms with van der Waals surface area (Å²) < 4.78 is 1.21. The van der Waals surface area contributed by atoms with Gasteiger partial charge in [-0.1, -0.05) is 18.2 Å². The van der Waals surface area contributed by atoms with Crippen LogP contribution in [-0.4, -0.2) is 11.1 Å². The van der Waals surface area contributed by atoms with Crippen molar-refractivity contribution in [3.63, 3.8) is 0 Å². The second-order valence-corrected chi connectivity index (χ2v) is 4.78. The molecule has 0 unspecified atom stereocenters. The molecule has 2 rings (SSSR count). The lowest BCUT2D eigenvalue weighted by molar-refractivity contribution is -0.136. The van der Waals surface area contributed by atoms with Gasteiger partial charge in [0.25, 0.3) is 0 Å². The van der Waals surface area contributed by atoms with Crippen LogP contribution in [0.4, 0.5) is 0 Å². The van der Waals surface area contributed by atoms with Crippen molar-refractivity contribution in [2.75, 3.05) is 0 Å². The van der Waals surface area contributed by atoms with Crippen molar-refractivity contribution in [2.24, 2.45) is 0 Å². The van der Waals surface area contributed by atoms with E-state index in [0.29, 0.717) is 0 Å². The van der Waals surface area contributed by atoms with E-state index in [1.165, 1.54) is 15.6 Å². The molecule has 2 nitrogen and oxygen atoms in total. The highest BCUT2D eigenvalue weighted by atomic mass is 32.1. The lowest BCUT2D eigenvalue weighted by atomic mass is 10.1. The summed E-state index contributed by atoms with van der Waals surface area (Å²) in [6, 6.07) is 6.13. The summed E-state index contributed by atoms with van der Waals surface area (Å²) in [4.78, 5) is 11.7. The van der Waals surface area contributed by atoms with Gasteiger partial charge in [-0.2, -0.15) is 0 Å². The number of aryl methyl sites for hydroxylation is 2. The summed E-state index contributed by atoms with van der Waals surface area (Å²) >= 11 is 1.60. The molecule has 15 heavy (non-hydrogen) atoms. The Balaban J connectivity index is 2.64. The van der Waals surface area contributed by atoms with E-state index in [0.717, 1.165) is 10.4 Å². The molecule has 0 spiro atoms. The molecular weight excluding hydrogens is 208 g/mol. The van der Waals surface area contributed by atoms with Gasteiger partial charge in [-0.05, 0) is 30.4 Å². The van der Waals surface area contributed by atoms with Gasteiger partial charge in [0.15, 0.2) is 0 Å². The summed E-state index contributed by atoms with van der Waals surface area (Å²) in [6.45, 7) is 4.05. The molecule has 1 aromatic carbocycles. The number of benzene rings is 1. The number of carboxylic acids is 1. The number of carbonyl (C=O) groups is 1. The van der Waals surface area contributed by atoms with Gasteiger partial charge in [0.05, 0.1) is 6.42 Å². The number of rotatable bonds is 2. The van der Waals surface area contributed by atoms with Crippen molar-refractivity contribution in [3.05, 3.63) is 34.2 Å². The lowest BCUT2D eigenvalue weighted by Gasteiger charge is -1.94. The van der Waals surface area contributed by atoms with Gasteiger partial charge in [-0.25, -0.2) is 0 Å². The van der Waals surface area contributed by atoms with Crippen LogP contribution in [0.2, 0.25) is 0 Å². The molecule has 3 heteroatoms. The Morgan fingerprint density at radius 1 is 1.40 bits per heavy atom. The van der Waals surface area contributed by atoms with E-state index in [2.05, 4.69) is 19.1 Å². The number of fused-ring (bicyclic) bond motifs is 1. The Morgan fingerprint density at radius 2 is 2.13 bits per heavy atom. The predicted molar refractivity (Wildman–Crippen MR) is 62.6 cm³/mol. The molecule has 1 heterocycles. The van der Waals surface area contributed by atoms with Crippen molar-refractivity contribution in [3.8, 4) is 0 Å². The molecule has 0 radical (unpaired) electrons. The highest BCUT2D eigenvalue weighted by Gasteiger charge is 2.11. The van der Waals surface area contributed by atoms with Crippen molar-refractivity contribution in [1.82, 2.24) is 0 Å². The first-order chi connectivity index (χ1) is 7.09. The number of hydrogen-bond donors (Lipinski definition) is 1. The molecule has 1 aromatic heterocycles. The molecule has 2 aromatic rings. The summed E-state index contributed by atoms with van der Waals surface area (Å²) in [5.41, 5.74) is 2.33. The van der Waals surface area contributed by atoms with Crippen LogP contribution in [0, 0.1) is 13.8 Å². The first-order valence-corrected chi connectivity index (χ1v) is 5.60. The zero-order chi connectivity index (χ0) is 11.0. The summed E-state index contributed by atoms with van der Waals surface area (Å²) in [5, 5.41) is 9.98. The molecule has 0 aliphatic heterocycles. The number of carboxylic acid groups (broad SMARTS) is 1. The van der Waals surface area contributed by atoms with Gasteiger partial charge in [0.1, 0.15) is 0 Å². The van der Waals surface area contributed by atoms with E-state index in [1.54, 1.807) is 11.3 Å². The molecule has 0 fully saturated rings. The first-order valence-electron chi connectivity index (χ1n) is 4.79. The second kappa shape index (κ2) is 3.66. The standard InChI is InChI=1S/C12H12O2S/c1-7-4-3-5-9-8(2)10(6-11(13)14)15-12(7)9/h3-5H,6H2,1-2H3,(H,13,14). The average molecular weight is 220 g/mol. The van der Waals surface area contributed by atoms with E-state index < -0.39 is 5.97 Å². The van der Waals surface area contributed by atoms with Gasteiger partial charge < -0.3 is 5.11 Å². The molecular formula is C12H12O2S. The van der Waals surface area contributed by atoms with Gasteiger partial charge in [0.2, 0.25) is 0 Å². The topological polar surface area (TPSA) is 37.3 Å². The van der Waals surface area contributed by atoms with Gasteiger partial charge in [-0.3, -0.25) is 4.79 Å². The van der Waals surface area contributed by atoms with Crippen LogP contribution in [0.3, 0.4) is 0 Å². The SMILES string of the molecule is Cc1c(CC(=O)O)sc2c(C)cccc12. The minimum atomic E-state index is -0.762. The minimum absolute atomic E-state index is 0.130. The lowest BCUT2D eigenvalue weighted by Crippen LogP contribution is -1.98. The third-order valence-corrected chi connectivity index (χ3v) is 4.01. The maximum Gasteiger partial charge on any atom is 0.308 e. The quantitative estimate of drug-likeness (QED) is 0.844. The molecule has 0 saturated carbocycles. The second-order valence-electron chi connectivity index (χ2n) is 3.67. The molecule has 0 saturated heterocycles. The van der Waals surface area contributed by atoms with E-state index in [-0.39, 0.29) is 6.42 Å². The Morgan fingerprint density at radius 3 is 2.73 bits per heavy atom. The van der Waals surface area contributed by atoms with Crippen molar-refractivity contribution < 1.29 is 9.90 Å². The predicted octanol–water partition coefficient (Wildman–Crippen LogP) is 3.15.